The van der Waals surface area contributed by atoms with E-state index in [9.17, 15) is 24.5 Å². The molecule has 0 spiro atoms. The van der Waals surface area contributed by atoms with Crippen molar-refractivity contribution < 1.29 is 24.0 Å². The van der Waals surface area contributed by atoms with Gasteiger partial charge in [-0.2, -0.15) is 0 Å². The summed E-state index contributed by atoms with van der Waals surface area (Å²) in [5.74, 6) is -1.92. The number of hydrogen-bond donors (Lipinski definition) is 2. The topological polar surface area (TPSA) is 128 Å². The van der Waals surface area contributed by atoms with Gasteiger partial charge in [0.25, 0.3) is 17.5 Å². The Hall–Kier alpha value is -4.24. The number of ether oxygens (including phenoxy) is 1. The van der Waals surface area contributed by atoms with Gasteiger partial charge in [-0.1, -0.05) is 41.9 Å². The third-order valence-electron chi connectivity index (χ3n) is 6.39. The summed E-state index contributed by atoms with van der Waals surface area (Å²) in [6.45, 7) is 1.38. The molecule has 1 atom stereocenters. The highest BCUT2D eigenvalue weighted by Crippen LogP contribution is 2.26. The van der Waals surface area contributed by atoms with Gasteiger partial charge in [0, 0.05) is 12.1 Å². The van der Waals surface area contributed by atoms with Gasteiger partial charge in [0.05, 0.1) is 32.8 Å². The first-order valence-electron chi connectivity index (χ1n) is 12.2. The van der Waals surface area contributed by atoms with E-state index < -0.39 is 29.3 Å². The molecule has 3 aromatic rings. The van der Waals surface area contributed by atoms with Crippen LogP contribution < -0.4 is 10.6 Å². The van der Waals surface area contributed by atoms with E-state index in [1.54, 1.807) is 12.1 Å². The van der Waals surface area contributed by atoms with Crippen molar-refractivity contribution in [3.63, 3.8) is 0 Å². The minimum Gasteiger partial charge on any atom is -0.452 e. The zero-order chi connectivity index (χ0) is 27.2. The lowest BCUT2D eigenvalue weighted by molar-refractivity contribution is -0.384. The molecule has 10 heteroatoms. The van der Waals surface area contributed by atoms with E-state index in [1.807, 2.05) is 13.0 Å². The molecule has 0 radical (unpaired) electrons. The molecule has 38 heavy (non-hydrogen) atoms. The number of amides is 2. The average molecular weight is 536 g/mol. The number of hydrogen-bond acceptors (Lipinski definition) is 6. The number of nitro benzene ring substituents is 1. The van der Waals surface area contributed by atoms with Crippen LogP contribution in [0.4, 0.5) is 11.4 Å². The Morgan fingerprint density at radius 2 is 1.74 bits per heavy atom. The van der Waals surface area contributed by atoms with Crippen molar-refractivity contribution >= 4 is 40.8 Å². The molecule has 1 aliphatic rings. The lowest BCUT2D eigenvalue weighted by Crippen LogP contribution is -2.31. The van der Waals surface area contributed by atoms with Gasteiger partial charge in [-0.15, -0.1) is 0 Å². The monoisotopic (exact) mass is 535 g/mol. The van der Waals surface area contributed by atoms with Gasteiger partial charge in [0.2, 0.25) is 0 Å². The van der Waals surface area contributed by atoms with Gasteiger partial charge < -0.3 is 15.4 Å². The lowest BCUT2D eigenvalue weighted by atomic mass is 9.89. The third-order valence-corrected chi connectivity index (χ3v) is 6.70. The van der Waals surface area contributed by atoms with E-state index in [2.05, 4.69) is 22.8 Å². The fourth-order valence-electron chi connectivity index (χ4n) is 4.36. The smallest absolute Gasteiger partial charge is 0.340 e. The number of carbonyl (C=O) groups is 3. The Labute approximate surface area is 224 Å². The summed E-state index contributed by atoms with van der Waals surface area (Å²) in [5, 5.41) is 16.2. The van der Waals surface area contributed by atoms with E-state index in [-0.39, 0.29) is 33.6 Å². The van der Waals surface area contributed by atoms with Crippen molar-refractivity contribution in [3.8, 4) is 0 Å². The molecule has 0 bridgehead atoms. The highest BCUT2D eigenvalue weighted by molar-refractivity contribution is 6.34. The molecule has 2 N–H and O–H groups in total. The Morgan fingerprint density at radius 1 is 1.00 bits per heavy atom. The average Bonchev–Trinajstić information content (AvgIpc) is 2.91. The number of esters is 1. The molecule has 0 heterocycles. The molecule has 9 nitrogen and oxygen atoms in total. The summed E-state index contributed by atoms with van der Waals surface area (Å²) < 4.78 is 5.21. The lowest BCUT2D eigenvalue weighted by Gasteiger charge is -2.20. The van der Waals surface area contributed by atoms with Gasteiger partial charge in [0.1, 0.15) is 0 Å². The van der Waals surface area contributed by atoms with Crippen molar-refractivity contribution in [3.05, 3.63) is 104 Å². The van der Waals surface area contributed by atoms with Crippen molar-refractivity contribution in [1.82, 2.24) is 5.32 Å². The number of rotatable bonds is 8. The van der Waals surface area contributed by atoms with Crippen LogP contribution in [0.3, 0.4) is 0 Å². The number of aryl methyl sites for hydroxylation is 2. The van der Waals surface area contributed by atoms with Crippen molar-refractivity contribution in [2.45, 2.75) is 38.6 Å². The number of nitrogens with one attached hydrogen (secondary N) is 2. The maximum Gasteiger partial charge on any atom is 0.340 e. The Kier molecular flexibility index (Phi) is 8.38. The minimum absolute atomic E-state index is 0.00372. The highest BCUT2D eigenvalue weighted by atomic mass is 35.5. The van der Waals surface area contributed by atoms with Crippen LogP contribution in [0.1, 0.15) is 63.2 Å². The number of anilines is 1. The maximum absolute atomic E-state index is 12.7. The molecule has 1 aliphatic carbocycles. The molecule has 4 rings (SSSR count). The first-order valence-corrected chi connectivity index (χ1v) is 12.5. The predicted octanol–water partition coefficient (Wildman–Crippen LogP) is 5.41. The van der Waals surface area contributed by atoms with Gasteiger partial charge >= 0.3 is 5.97 Å². The number of non-ortho nitro benzene ring substituents is 1. The summed E-state index contributed by atoms with van der Waals surface area (Å²) in [4.78, 5) is 48.2. The number of para-hydroxylation sites is 1. The minimum atomic E-state index is -0.799. The number of halogens is 1. The normalized spacial score (nSPS) is 13.1. The Bertz CT molecular complexity index is 1410. The second-order valence-corrected chi connectivity index (χ2v) is 9.43. The molecule has 0 fully saturated rings. The summed E-state index contributed by atoms with van der Waals surface area (Å²) in [6, 6.07) is 15.6. The second-order valence-electron chi connectivity index (χ2n) is 9.02. The highest BCUT2D eigenvalue weighted by Gasteiger charge is 2.20. The van der Waals surface area contributed by atoms with Gasteiger partial charge in [0.15, 0.2) is 6.61 Å². The standard InChI is InChI=1S/C28H26ClN3O6/c1-17(19-11-10-18-6-2-3-7-20(18)14-19)30-26(33)16-38-28(35)23-8-4-5-9-25(23)31-27(34)22-13-12-21(32(36)37)15-24(22)29/h4-5,8-15,17H,2-3,6-7,16H2,1H3,(H,30,33)(H,31,34)/t17-/m0/s1. The summed E-state index contributed by atoms with van der Waals surface area (Å²) in [5.41, 5.74) is 3.58. The van der Waals surface area contributed by atoms with Gasteiger partial charge in [-0.05, 0) is 67.5 Å². The molecule has 0 aromatic heterocycles. The number of nitrogens with zero attached hydrogens (tertiary/aromatic N) is 1. The van der Waals surface area contributed by atoms with E-state index in [4.69, 9.17) is 16.3 Å². The number of benzene rings is 3. The number of fused-ring (bicyclic) bond motifs is 1. The van der Waals surface area contributed by atoms with E-state index >= 15 is 0 Å². The number of nitro groups is 1. The summed E-state index contributed by atoms with van der Waals surface area (Å²) in [7, 11) is 0. The zero-order valence-corrected chi connectivity index (χ0v) is 21.4. The van der Waals surface area contributed by atoms with Crippen LogP contribution in [0.5, 0.6) is 0 Å². The van der Waals surface area contributed by atoms with Crippen LogP contribution in [0.2, 0.25) is 5.02 Å². The van der Waals surface area contributed by atoms with Crippen molar-refractivity contribution in [2.24, 2.45) is 0 Å². The first-order chi connectivity index (χ1) is 18.2. The zero-order valence-electron chi connectivity index (χ0n) is 20.7. The van der Waals surface area contributed by atoms with Crippen LogP contribution in [0.25, 0.3) is 0 Å². The van der Waals surface area contributed by atoms with Crippen LogP contribution in [0, 0.1) is 10.1 Å². The van der Waals surface area contributed by atoms with Crippen LogP contribution >= 0.6 is 11.6 Å². The molecular formula is C28H26ClN3O6. The van der Waals surface area contributed by atoms with Crippen LogP contribution in [-0.2, 0) is 22.4 Å². The SMILES string of the molecule is C[C@H](NC(=O)COC(=O)c1ccccc1NC(=O)c1ccc([N+](=O)[O-])cc1Cl)c1ccc2c(c1)CCCC2. The van der Waals surface area contributed by atoms with E-state index in [0.717, 1.165) is 37.0 Å². The number of carbonyl (C=O) groups excluding carboxylic acids is 3. The quantitative estimate of drug-likeness (QED) is 0.225. The Balaban J connectivity index is 1.36. The molecule has 0 aliphatic heterocycles. The second kappa shape index (κ2) is 11.9. The predicted molar refractivity (Wildman–Crippen MR) is 142 cm³/mol. The maximum atomic E-state index is 12.7. The fraction of sp³-hybridized carbons (Fsp3) is 0.250. The summed E-state index contributed by atoms with van der Waals surface area (Å²) in [6.07, 6.45) is 4.47. The van der Waals surface area contributed by atoms with Gasteiger partial charge in [-0.3, -0.25) is 19.7 Å². The largest absolute Gasteiger partial charge is 0.452 e. The third kappa shape index (κ3) is 6.36. The first kappa shape index (κ1) is 26.8. The van der Waals surface area contributed by atoms with Crippen molar-refractivity contribution in [1.29, 1.82) is 0 Å². The molecular weight excluding hydrogens is 510 g/mol. The Morgan fingerprint density at radius 3 is 2.47 bits per heavy atom. The molecule has 0 unspecified atom stereocenters. The van der Waals surface area contributed by atoms with Crippen LogP contribution in [-0.4, -0.2) is 29.3 Å². The van der Waals surface area contributed by atoms with E-state index in [0.29, 0.717) is 0 Å². The molecule has 0 saturated carbocycles. The fourth-order valence-corrected chi connectivity index (χ4v) is 4.62. The molecule has 3 aromatic carbocycles. The summed E-state index contributed by atoms with van der Waals surface area (Å²) >= 11 is 6.04. The molecule has 196 valence electrons. The van der Waals surface area contributed by atoms with E-state index in [1.165, 1.54) is 35.7 Å². The van der Waals surface area contributed by atoms with Crippen LogP contribution in [0.15, 0.2) is 60.7 Å². The van der Waals surface area contributed by atoms with Gasteiger partial charge in [-0.25, -0.2) is 4.79 Å². The van der Waals surface area contributed by atoms with Crippen molar-refractivity contribution in [2.75, 3.05) is 11.9 Å². The molecule has 0 saturated heterocycles. The molecule has 2 amide bonds.